The van der Waals surface area contributed by atoms with Crippen LogP contribution in [0.25, 0.3) is 0 Å². The number of nitrogens with one attached hydrogen (secondary N) is 1. The lowest BCUT2D eigenvalue weighted by atomic mass is 10.1. The summed E-state index contributed by atoms with van der Waals surface area (Å²) in [5.41, 5.74) is 4.54. The Morgan fingerprint density at radius 3 is 2.44 bits per heavy atom. The smallest absolute Gasteiger partial charge is 0.321 e. The summed E-state index contributed by atoms with van der Waals surface area (Å²) in [6.07, 6.45) is 1.07. The number of nitrogens with zero attached hydrogens (tertiary/aromatic N) is 2. The molecule has 2 amide bonds. The first-order valence-electron chi connectivity index (χ1n) is 9.01. The number of aryl methyl sites for hydroxylation is 2. The largest absolute Gasteiger partial charge is 0.322 e. The molecule has 25 heavy (non-hydrogen) atoms. The molecule has 1 heterocycles. The van der Waals surface area contributed by atoms with E-state index in [4.69, 9.17) is 0 Å². The molecule has 1 aliphatic rings. The van der Waals surface area contributed by atoms with Gasteiger partial charge in [-0.15, -0.1) is 0 Å². The van der Waals surface area contributed by atoms with Crippen LogP contribution in [0.4, 0.5) is 10.5 Å². The molecule has 0 bridgehead atoms. The summed E-state index contributed by atoms with van der Waals surface area (Å²) in [5.74, 6) is 0. The number of hydrogen-bond donors (Lipinski definition) is 1. The van der Waals surface area contributed by atoms with Crippen molar-refractivity contribution in [2.45, 2.75) is 20.3 Å². The van der Waals surface area contributed by atoms with E-state index in [9.17, 15) is 4.79 Å². The number of amides is 2. The van der Waals surface area contributed by atoms with Crippen LogP contribution < -0.4 is 5.32 Å². The van der Waals surface area contributed by atoms with Gasteiger partial charge >= 0.3 is 6.03 Å². The van der Waals surface area contributed by atoms with Crippen molar-refractivity contribution in [1.82, 2.24) is 9.80 Å². The average molecular weight is 337 g/mol. The zero-order valence-electron chi connectivity index (χ0n) is 15.2. The molecule has 0 radical (unpaired) electrons. The molecule has 0 unspecified atom stereocenters. The molecule has 0 aliphatic carbocycles. The number of urea groups is 1. The van der Waals surface area contributed by atoms with Crippen LogP contribution in [0.15, 0.2) is 48.5 Å². The highest BCUT2D eigenvalue weighted by Crippen LogP contribution is 2.17. The van der Waals surface area contributed by atoms with Crippen LogP contribution >= 0.6 is 0 Å². The Labute approximate surface area is 150 Å². The Hall–Kier alpha value is -2.33. The molecule has 0 atom stereocenters. The van der Waals surface area contributed by atoms with Crippen LogP contribution in [-0.2, 0) is 6.42 Å². The number of rotatable bonds is 4. The van der Waals surface area contributed by atoms with Crippen LogP contribution in [0.1, 0.15) is 16.7 Å². The maximum Gasteiger partial charge on any atom is 0.321 e. The second kappa shape index (κ2) is 8.17. The molecule has 2 aromatic carbocycles. The summed E-state index contributed by atoms with van der Waals surface area (Å²) in [5, 5.41) is 3.06. The fourth-order valence-electron chi connectivity index (χ4n) is 3.17. The molecular weight excluding hydrogens is 310 g/mol. The van der Waals surface area contributed by atoms with Gasteiger partial charge in [-0.05, 0) is 43.0 Å². The van der Waals surface area contributed by atoms with Crippen LogP contribution in [0.2, 0.25) is 0 Å². The Bertz CT molecular complexity index is 706. The number of hydrogen-bond acceptors (Lipinski definition) is 2. The van der Waals surface area contributed by atoms with Crippen molar-refractivity contribution in [2.24, 2.45) is 0 Å². The minimum Gasteiger partial charge on any atom is -0.322 e. The minimum atomic E-state index is 0.0106. The molecule has 0 saturated carbocycles. The lowest BCUT2D eigenvalue weighted by molar-refractivity contribution is 0.148. The molecule has 1 aliphatic heterocycles. The molecule has 4 heteroatoms. The molecule has 1 N–H and O–H groups in total. The van der Waals surface area contributed by atoms with Crippen LogP contribution in [0, 0.1) is 13.8 Å². The van der Waals surface area contributed by atoms with Crippen LogP contribution in [0.5, 0.6) is 0 Å². The SMILES string of the molecule is Cc1ccc(C)c(NC(=O)N2CCN(CCc3ccccc3)CC2)c1. The third-order valence-electron chi connectivity index (χ3n) is 4.85. The van der Waals surface area contributed by atoms with Crippen LogP contribution in [0.3, 0.4) is 0 Å². The van der Waals surface area contributed by atoms with Crippen molar-refractivity contribution in [1.29, 1.82) is 0 Å². The second-order valence-corrected chi connectivity index (χ2v) is 6.81. The third-order valence-corrected chi connectivity index (χ3v) is 4.85. The highest BCUT2D eigenvalue weighted by atomic mass is 16.2. The van der Waals surface area contributed by atoms with Gasteiger partial charge in [-0.1, -0.05) is 42.5 Å². The van der Waals surface area contributed by atoms with E-state index in [2.05, 4.69) is 46.6 Å². The summed E-state index contributed by atoms with van der Waals surface area (Å²) in [4.78, 5) is 16.9. The molecule has 0 aromatic heterocycles. The molecule has 132 valence electrons. The van der Waals surface area contributed by atoms with E-state index in [1.165, 1.54) is 5.56 Å². The number of benzene rings is 2. The first-order valence-corrected chi connectivity index (χ1v) is 9.01. The topological polar surface area (TPSA) is 35.6 Å². The van der Waals surface area contributed by atoms with E-state index in [-0.39, 0.29) is 6.03 Å². The standard InChI is InChI=1S/C21H27N3O/c1-17-8-9-18(2)20(16-17)22-21(25)24-14-12-23(13-15-24)11-10-19-6-4-3-5-7-19/h3-9,16H,10-15H2,1-2H3,(H,22,25). The summed E-state index contributed by atoms with van der Waals surface area (Å²) in [6.45, 7) is 8.56. The molecule has 1 saturated heterocycles. The Kier molecular flexibility index (Phi) is 5.71. The summed E-state index contributed by atoms with van der Waals surface area (Å²) < 4.78 is 0. The van der Waals surface area contributed by atoms with Gasteiger partial charge < -0.3 is 10.2 Å². The van der Waals surface area contributed by atoms with Crippen molar-refractivity contribution in [3.63, 3.8) is 0 Å². The molecule has 3 rings (SSSR count). The fraction of sp³-hybridized carbons (Fsp3) is 0.381. The van der Waals surface area contributed by atoms with Gasteiger partial charge in [0, 0.05) is 38.4 Å². The van der Waals surface area contributed by atoms with Crippen molar-refractivity contribution in [3.8, 4) is 0 Å². The van der Waals surface area contributed by atoms with E-state index in [1.54, 1.807) is 0 Å². The quantitative estimate of drug-likeness (QED) is 0.923. The summed E-state index contributed by atoms with van der Waals surface area (Å²) in [6, 6.07) is 16.7. The first kappa shape index (κ1) is 17.5. The fourth-order valence-corrected chi connectivity index (χ4v) is 3.17. The average Bonchev–Trinajstić information content (AvgIpc) is 2.64. The van der Waals surface area contributed by atoms with Gasteiger partial charge in [-0.3, -0.25) is 4.90 Å². The maximum atomic E-state index is 12.5. The Morgan fingerprint density at radius 1 is 1.00 bits per heavy atom. The normalized spacial score (nSPS) is 15.2. The zero-order valence-corrected chi connectivity index (χ0v) is 15.2. The zero-order chi connectivity index (χ0) is 17.6. The summed E-state index contributed by atoms with van der Waals surface area (Å²) in [7, 11) is 0. The van der Waals surface area contributed by atoms with E-state index >= 15 is 0 Å². The lowest BCUT2D eigenvalue weighted by Crippen LogP contribution is -2.50. The van der Waals surface area contributed by atoms with Crippen molar-refractivity contribution >= 4 is 11.7 Å². The predicted molar refractivity (Wildman–Crippen MR) is 103 cm³/mol. The monoisotopic (exact) mass is 337 g/mol. The molecule has 4 nitrogen and oxygen atoms in total. The van der Waals surface area contributed by atoms with Crippen LogP contribution in [-0.4, -0.2) is 48.6 Å². The van der Waals surface area contributed by atoms with Gasteiger partial charge in [0.15, 0.2) is 0 Å². The molecular formula is C21H27N3O. The van der Waals surface area contributed by atoms with Gasteiger partial charge in [0.1, 0.15) is 0 Å². The third kappa shape index (κ3) is 4.83. The molecule has 1 fully saturated rings. The van der Waals surface area contributed by atoms with E-state index in [1.807, 2.05) is 30.9 Å². The summed E-state index contributed by atoms with van der Waals surface area (Å²) >= 11 is 0. The highest BCUT2D eigenvalue weighted by molar-refractivity contribution is 5.90. The second-order valence-electron chi connectivity index (χ2n) is 6.81. The van der Waals surface area contributed by atoms with E-state index in [0.29, 0.717) is 0 Å². The number of carbonyl (C=O) groups excluding carboxylic acids is 1. The van der Waals surface area contributed by atoms with E-state index in [0.717, 1.165) is 56.0 Å². The van der Waals surface area contributed by atoms with E-state index < -0.39 is 0 Å². The van der Waals surface area contributed by atoms with Crippen molar-refractivity contribution in [3.05, 3.63) is 65.2 Å². The van der Waals surface area contributed by atoms with Gasteiger partial charge in [0.25, 0.3) is 0 Å². The molecule has 0 spiro atoms. The van der Waals surface area contributed by atoms with Gasteiger partial charge in [0.2, 0.25) is 0 Å². The van der Waals surface area contributed by atoms with Crippen molar-refractivity contribution in [2.75, 3.05) is 38.0 Å². The number of piperazine rings is 1. The minimum absolute atomic E-state index is 0.0106. The molecule has 2 aromatic rings. The predicted octanol–water partition coefficient (Wildman–Crippen LogP) is 3.70. The maximum absolute atomic E-state index is 12.5. The Morgan fingerprint density at radius 2 is 1.72 bits per heavy atom. The first-order chi connectivity index (χ1) is 12.1. The van der Waals surface area contributed by atoms with Gasteiger partial charge in [0.05, 0.1) is 0 Å². The Balaban J connectivity index is 1.47. The number of carbonyl (C=O) groups is 1. The highest BCUT2D eigenvalue weighted by Gasteiger charge is 2.21. The lowest BCUT2D eigenvalue weighted by Gasteiger charge is -2.34. The van der Waals surface area contributed by atoms with Crippen molar-refractivity contribution < 1.29 is 4.79 Å². The number of anilines is 1. The van der Waals surface area contributed by atoms with Gasteiger partial charge in [-0.25, -0.2) is 4.79 Å². The van der Waals surface area contributed by atoms with Gasteiger partial charge in [-0.2, -0.15) is 0 Å².